The van der Waals surface area contributed by atoms with Gasteiger partial charge in [0.1, 0.15) is 23.0 Å². The number of hydrogen-bond acceptors (Lipinski definition) is 7. The molecule has 0 saturated carbocycles. The zero-order valence-electron chi connectivity index (χ0n) is 19.9. The van der Waals surface area contributed by atoms with Crippen molar-refractivity contribution >= 4 is 11.9 Å². The minimum absolute atomic E-state index is 0.234. The van der Waals surface area contributed by atoms with Crippen molar-refractivity contribution in [2.24, 2.45) is 11.6 Å². The predicted molar refractivity (Wildman–Crippen MR) is 125 cm³/mol. The van der Waals surface area contributed by atoms with Crippen LogP contribution in [-0.4, -0.2) is 29.3 Å². The molecule has 0 bridgehead atoms. The van der Waals surface area contributed by atoms with Crippen molar-refractivity contribution in [3.8, 4) is 5.75 Å². The minimum Gasteiger partial charge on any atom is -0.444 e. The number of halogens is 3. The van der Waals surface area contributed by atoms with Crippen LogP contribution in [0.2, 0.25) is 0 Å². The lowest BCUT2D eigenvalue weighted by Crippen LogP contribution is -2.46. The van der Waals surface area contributed by atoms with Gasteiger partial charge in [-0.05, 0) is 81.8 Å². The minimum atomic E-state index is -3.05. The normalized spacial score (nSPS) is 16.3. The number of rotatable bonds is 7. The molecule has 1 unspecified atom stereocenters. The van der Waals surface area contributed by atoms with E-state index in [4.69, 9.17) is 16.3 Å². The lowest BCUT2D eigenvalue weighted by Gasteiger charge is -2.32. The first kappa shape index (κ1) is 26.1. The molecule has 8 nitrogen and oxygen atoms in total. The predicted octanol–water partition coefficient (Wildman–Crippen LogP) is 4.34. The van der Waals surface area contributed by atoms with Gasteiger partial charge in [0.2, 0.25) is 0 Å². The van der Waals surface area contributed by atoms with Gasteiger partial charge in [0.05, 0.1) is 17.4 Å². The van der Waals surface area contributed by atoms with Gasteiger partial charge < -0.3 is 20.5 Å². The number of hydrazine groups is 1. The number of ether oxygens (including phenoxy) is 2. The van der Waals surface area contributed by atoms with Crippen LogP contribution >= 0.6 is 0 Å². The van der Waals surface area contributed by atoms with Crippen LogP contribution in [0.3, 0.4) is 0 Å². The highest BCUT2D eigenvalue weighted by Crippen LogP contribution is 2.28. The van der Waals surface area contributed by atoms with Gasteiger partial charge in [-0.25, -0.2) is 20.0 Å². The summed E-state index contributed by atoms with van der Waals surface area (Å²) in [4.78, 5) is 16.5. The number of alkyl halides is 2. The third-order valence-corrected chi connectivity index (χ3v) is 5.22. The van der Waals surface area contributed by atoms with Crippen molar-refractivity contribution in [3.63, 3.8) is 0 Å². The molecular weight excluding hydrogens is 463 g/mol. The Kier molecular flexibility index (Phi) is 8.11. The van der Waals surface area contributed by atoms with Crippen LogP contribution in [0.1, 0.15) is 51.2 Å². The smallest absolute Gasteiger partial charge is 0.408 e. The maximum atomic E-state index is 13.9. The summed E-state index contributed by atoms with van der Waals surface area (Å²) < 4.78 is 48.5. The standard InChI is InChI=1S/C24H30F3N5O3/c1-24(2,3)35-23(33)31-18-5-4-6-19(21(18)28)32(29)20-12-14(7-8-30-20)9-15-10-16(25)13-17(11-15)34-22(26)27/h7-8,10-13,18,22H,4-6,9,28-29H2,1-3H3,(H,31,33). The van der Waals surface area contributed by atoms with Crippen molar-refractivity contribution < 1.29 is 27.4 Å². The Morgan fingerprint density at radius 3 is 2.69 bits per heavy atom. The molecule has 1 amide bonds. The van der Waals surface area contributed by atoms with Gasteiger partial charge in [-0.3, -0.25) is 5.01 Å². The van der Waals surface area contributed by atoms with E-state index >= 15 is 0 Å². The molecule has 0 aliphatic heterocycles. The fourth-order valence-corrected chi connectivity index (χ4v) is 3.80. The number of allylic oxidation sites excluding steroid dienone is 1. The first-order chi connectivity index (χ1) is 16.4. The van der Waals surface area contributed by atoms with Gasteiger partial charge in [0, 0.05) is 12.3 Å². The molecule has 1 atom stereocenters. The topological polar surface area (TPSA) is 116 Å². The lowest BCUT2D eigenvalue weighted by atomic mass is 9.96. The fraction of sp³-hybridized carbons (Fsp3) is 0.417. The average molecular weight is 494 g/mol. The van der Waals surface area contributed by atoms with Gasteiger partial charge in [0.25, 0.3) is 0 Å². The summed E-state index contributed by atoms with van der Waals surface area (Å²) in [5.41, 5.74) is 7.90. The van der Waals surface area contributed by atoms with Crippen molar-refractivity contribution in [2.45, 2.75) is 64.7 Å². The number of nitrogens with two attached hydrogens (primary N) is 2. The number of hydrogen-bond donors (Lipinski definition) is 3. The Labute approximate surface area is 202 Å². The Balaban J connectivity index is 1.77. The van der Waals surface area contributed by atoms with E-state index < -0.39 is 30.2 Å². The molecule has 0 fully saturated rings. The molecule has 0 saturated heterocycles. The van der Waals surface area contributed by atoms with Crippen molar-refractivity contribution in [1.29, 1.82) is 0 Å². The summed E-state index contributed by atoms with van der Waals surface area (Å²) in [7, 11) is 0. The third-order valence-electron chi connectivity index (χ3n) is 5.22. The summed E-state index contributed by atoms with van der Waals surface area (Å²) in [6.45, 7) is 2.27. The molecule has 0 spiro atoms. The number of amides is 1. The molecule has 190 valence electrons. The van der Waals surface area contributed by atoms with Crippen LogP contribution in [0.4, 0.5) is 23.8 Å². The summed E-state index contributed by atoms with van der Waals surface area (Å²) in [5, 5.41) is 4.14. The number of carbonyl (C=O) groups is 1. The summed E-state index contributed by atoms with van der Waals surface area (Å²) in [6.07, 6.45) is 3.16. The van der Waals surface area contributed by atoms with Gasteiger partial charge in [-0.15, -0.1) is 0 Å². The van der Waals surface area contributed by atoms with E-state index in [0.29, 0.717) is 35.6 Å². The first-order valence-corrected chi connectivity index (χ1v) is 11.1. The summed E-state index contributed by atoms with van der Waals surface area (Å²) in [6, 6.07) is 6.46. The van der Waals surface area contributed by atoms with Gasteiger partial charge in [0.15, 0.2) is 0 Å². The van der Waals surface area contributed by atoms with E-state index in [2.05, 4.69) is 15.0 Å². The Bertz CT molecular complexity index is 1090. The van der Waals surface area contributed by atoms with Gasteiger partial charge in [-0.1, -0.05) is 0 Å². The molecule has 1 aromatic heterocycles. The molecule has 1 heterocycles. The Morgan fingerprint density at radius 2 is 2.00 bits per heavy atom. The monoisotopic (exact) mass is 493 g/mol. The van der Waals surface area contributed by atoms with Crippen LogP contribution in [0.5, 0.6) is 5.75 Å². The number of benzene rings is 1. The van der Waals surface area contributed by atoms with Crippen LogP contribution < -0.4 is 26.6 Å². The van der Waals surface area contributed by atoms with Crippen LogP contribution in [0.15, 0.2) is 47.9 Å². The van der Waals surface area contributed by atoms with E-state index in [1.807, 2.05) is 0 Å². The van der Waals surface area contributed by atoms with Gasteiger partial charge >= 0.3 is 12.7 Å². The summed E-state index contributed by atoms with van der Waals surface area (Å²) >= 11 is 0. The molecule has 35 heavy (non-hydrogen) atoms. The number of carbonyl (C=O) groups excluding carboxylic acids is 1. The maximum Gasteiger partial charge on any atom is 0.408 e. The highest BCUT2D eigenvalue weighted by Gasteiger charge is 2.27. The van der Waals surface area contributed by atoms with Crippen LogP contribution in [-0.2, 0) is 11.2 Å². The van der Waals surface area contributed by atoms with Crippen molar-refractivity contribution in [3.05, 3.63) is 64.9 Å². The van der Waals surface area contributed by atoms with E-state index in [1.54, 1.807) is 32.9 Å². The molecule has 1 aliphatic rings. The second-order valence-electron chi connectivity index (χ2n) is 9.24. The maximum absolute atomic E-state index is 13.9. The van der Waals surface area contributed by atoms with Crippen molar-refractivity contribution in [1.82, 2.24) is 10.3 Å². The first-order valence-electron chi connectivity index (χ1n) is 11.1. The number of nitrogens with zero attached hydrogens (tertiary/aromatic N) is 2. The lowest BCUT2D eigenvalue weighted by molar-refractivity contribution is -0.0500. The third kappa shape index (κ3) is 7.51. The molecule has 11 heteroatoms. The number of aromatic nitrogens is 1. The SMILES string of the molecule is CC(C)(C)OC(=O)NC1CCCC(N(N)c2cc(Cc3cc(F)cc(OC(F)F)c3)ccn2)=C1N. The number of alkyl carbamates (subject to hydrolysis) is 1. The second kappa shape index (κ2) is 10.9. The Hall–Kier alpha value is -3.47. The molecule has 1 aliphatic carbocycles. The van der Waals surface area contributed by atoms with Crippen LogP contribution in [0.25, 0.3) is 0 Å². The average Bonchev–Trinajstić information content (AvgIpc) is 2.72. The zero-order valence-corrected chi connectivity index (χ0v) is 19.9. The number of anilines is 1. The molecule has 1 aromatic carbocycles. The molecule has 0 radical (unpaired) electrons. The molecule has 2 aromatic rings. The zero-order chi connectivity index (χ0) is 25.8. The van der Waals surface area contributed by atoms with E-state index in [0.717, 1.165) is 18.1 Å². The Morgan fingerprint density at radius 1 is 1.26 bits per heavy atom. The molecule has 5 N–H and O–H groups in total. The highest BCUT2D eigenvalue weighted by molar-refractivity contribution is 5.69. The van der Waals surface area contributed by atoms with Gasteiger partial charge in [-0.2, -0.15) is 8.78 Å². The molecule has 3 rings (SSSR count). The van der Waals surface area contributed by atoms with E-state index in [1.165, 1.54) is 23.3 Å². The quantitative estimate of drug-likeness (QED) is 0.388. The highest BCUT2D eigenvalue weighted by atomic mass is 19.3. The van der Waals surface area contributed by atoms with Crippen LogP contribution in [0, 0.1) is 5.82 Å². The van der Waals surface area contributed by atoms with Crippen molar-refractivity contribution in [2.75, 3.05) is 5.01 Å². The van der Waals surface area contributed by atoms with E-state index in [9.17, 15) is 18.0 Å². The second-order valence-corrected chi connectivity index (χ2v) is 9.24. The largest absolute Gasteiger partial charge is 0.444 e. The number of pyridine rings is 1. The van der Waals surface area contributed by atoms with E-state index in [-0.39, 0.29) is 12.2 Å². The summed E-state index contributed by atoms with van der Waals surface area (Å²) in [5.74, 6) is 5.79. The fourth-order valence-electron chi connectivity index (χ4n) is 3.80. The number of nitrogens with one attached hydrogen (secondary N) is 1. The molecular formula is C24H30F3N5O3.